The molecule has 4 rings (SSSR count). The van der Waals surface area contributed by atoms with Gasteiger partial charge in [0.1, 0.15) is 11.6 Å². The van der Waals surface area contributed by atoms with Gasteiger partial charge in [-0.05, 0) is 24.4 Å². The largest absolute Gasteiger partial charge is 0.331 e. The van der Waals surface area contributed by atoms with Crippen molar-refractivity contribution in [1.82, 2.24) is 14.5 Å². The summed E-state index contributed by atoms with van der Waals surface area (Å²) in [7, 11) is 1.97. The zero-order chi connectivity index (χ0) is 18.5. The lowest BCUT2D eigenvalue weighted by molar-refractivity contribution is -0.147. The molecule has 2 aromatic heterocycles. The van der Waals surface area contributed by atoms with Gasteiger partial charge in [-0.3, -0.25) is 9.78 Å². The van der Waals surface area contributed by atoms with Crippen LogP contribution < -0.4 is 0 Å². The maximum atomic E-state index is 13.0. The second kappa shape index (κ2) is 5.97. The number of aryl methyl sites for hydroxylation is 1. The normalized spacial score (nSPS) is 16.6. The fraction of sp³-hybridized carbons (Fsp3) is 0.350. The lowest BCUT2D eigenvalue weighted by Crippen LogP contribution is -2.40. The summed E-state index contributed by atoms with van der Waals surface area (Å²) in [6.07, 6.45) is 3.00. The number of halogens is 2. The fourth-order valence-corrected chi connectivity index (χ4v) is 3.42. The Morgan fingerprint density at radius 1 is 1.19 bits per heavy atom. The number of alkyl halides is 2. The highest BCUT2D eigenvalue weighted by molar-refractivity contribution is 5.88. The number of hydrogen-bond donors (Lipinski definition) is 0. The zero-order valence-electron chi connectivity index (χ0n) is 14.7. The van der Waals surface area contributed by atoms with Gasteiger partial charge in [0.05, 0.1) is 11.9 Å². The minimum atomic E-state index is -2.67. The van der Waals surface area contributed by atoms with E-state index < -0.39 is 11.8 Å². The van der Waals surface area contributed by atoms with E-state index in [4.69, 9.17) is 0 Å². The van der Waals surface area contributed by atoms with Crippen molar-refractivity contribution in [3.63, 3.8) is 0 Å². The smallest absolute Gasteiger partial charge is 0.249 e. The second-order valence-electron chi connectivity index (χ2n) is 7.09. The number of aromatic nitrogens is 3. The van der Waals surface area contributed by atoms with Crippen molar-refractivity contribution in [2.24, 2.45) is 13.0 Å². The summed E-state index contributed by atoms with van der Waals surface area (Å²) < 4.78 is 27.9. The molecular weight excluding hydrogens is 336 g/mol. The third-order valence-electron chi connectivity index (χ3n) is 5.20. The van der Waals surface area contributed by atoms with E-state index in [9.17, 15) is 13.6 Å². The molecule has 134 valence electrons. The maximum Gasteiger partial charge on any atom is 0.249 e. The average Bonchev–Trinajstić information content (AvgIpc) is 2.91. The van der Waals surface area contributed by atoms with Crippen LogP contribution in [0.3, 0.4) is 0 Å². The van der Waals surface area contributed by atoms with Gasteiger partial charge < -0.3 is 4.57 Å². The van der Waals surface area contributed by atoms with Gasteiger partial charge in [-0.15, -0.1) is 0 Å². The molecule has 0 bridgehead atoms. The molecule has 4 nitrogen and oxygen atoms in total. The number of ketones is 1. The van der Waals surface area contributed by atoms with Crippen molar-refractivity contribution in [2.45, 2.75) is 32.1 Å². The highest BCUT2D eigenvalue weighted by Crippen LogP contribution is 2.43. The summed E-state index contributed by atoms with van der Waals surface area (Å²) in [5, 5.41) is 1.94. The van der Waals surface area contributed by atoms with Crippen LogP contribution in [0.2, 0.25) is 0 Å². The monoisotopic (exact) mass is 355 g/mol. The van der Waals surface area contributed by atoms with Crippen LogP contribution in [0.4, 0.5) is 8.78 Å². The number of Topliss-reactive ketones (excluding diaryl/α,β-unsaturated/α-hetero) is 1. The molecule has 1 aliphatic carbocycles. The van der Waals surface area contributed by atoms with Gasteiger partial charge in [-0.25, -0.2) is 13.8 Å². The van der Waals surface area contributed by atoms with Crippen molar-refractivity contribution >= 4 is 16.6 Å². The molecule has 1 fully saturated rings. The Labute approximate surface area is 149 Å². The molecule has 26 heavy (non-hydrogen) atoms. The number of benzene rings is 1. The van der Waals surface area contributed by atoms with E-state index in [0.717, 1.165) is 27.9 Å². The van der Waals surface area contributed by atoms with E-state index in [1.807, 2.05) is 49.0 Å². The molecule has 0 saturated heterocycles. The van der Waals surface area contributed by atoms with Crippen molar-refractivity contribution in [3.05, 3.63) is 48.2 Å². The summed E-state index contributed by atoms with van der Waals surface area (Å²) in [6, 6.07) is 7.91. The first-order valence-corrected chi connectivity index (χ1v) is 8.60. The number of rotatable bonds is 4. The zero-order valence-corrected chi connectivity index (χ0v) is 14.7. The molecule has 0 radical (unpaired) electrons. The first kappa shape index (κ1) is 16.8. The van der Waals surface area contributed by atoms with E-state index in [0.29, 0.717) is 5.69 Å². The Balaban J connectivity index is 1.60. The summed E-state index contributed by atoms with van der Waals surface area (Å²) >= 11 is 0. The van der Waals surface area contributed by atoms with Crippen molar-refractivity contribution in [2.75, 3.05) is 0 Å². The first-order chi connectivity index (χ1) is 12.3. The third kappa shape index (κ3) is 3.00. The van der Waals surface area contributed by atoms with Crippen LogP contribution in [0.15, 0.2) is 36.7 Å². The lowest BCUT2D eigenvalue weighted by atomic mass is 9.77. The Kier molecular flexibility index (Phi) is 3.86. The van der Waals surface area contributed by atoms with Gasteiger partial charge in [0.2, 0.25) is 5.92 Å². The molecule has 6 heteroatoms. The van der Waals surface area contributed by atoms with Crippen molar-refractivity contribution in [3.8, 4) is 11.3 Å². The average molecular weight is 355 g/mol. The Bertz CT molecular complexity index is 1000. The third-order valence-corrected chi connectivity index (χ3v) is 5.20. The van der Waals surface area contributed by atoms with Gasteiger partial charge in [-0.2, -0.15) is 0 Å². The number of imidazole rings is 1. The standard InChI is InChI=1S/C20H19F2N3O/c1-12-23-11-18(25(12)2)13-3-4-14-10-24-17(6-15(14)5-13)7-19(26)16-8-20(21,22)9-16/h3-6,10-11,16H,7-9H2,1-2H3. The van der Waals surface area contributed by atoms with E-state index in [1.165, 1.54) is 0 Å². The number of hydrogen-bond acceptors (Lipinski definition) is 3. The van der Waals surface area contributed by atoms with Crippen LogP contribution in [0.25, 0.3) is 22.0 Å². The molecule has 0 aliphatic heterocycles. The van der Waals surface area contributed by atoms with Crippen LogP contribution in [-0.2, 0) is 18.3 Å². The maximum absolute atomic E-state index is 13.0. The van der Waals surface area contributed by atoms with Crippen LogP contribution >= 0.6 is 0 Å². The molecule has 0 atom stereocenters. The molecule has 0 N–H and O–H groups in total. The molecule has 3 aromatic rings. The molecule has 0 spiro atoms. The predicted molar refractivity (Wildman–Crippen MR) is 95.1 cm³/mol. The van der Waals surface area contributed by atoms with Crippen LogP contribution in [0.5, 0.6) is 0 Å². The molecule has 0 unspecified atom stereocenters. The van der Waals surface area contributed by atoms with Gasteiger partial charge >= 0.3 is 0 Å². The fourth-order valence-electron chi connectivity index (χ4n) is 3.42. The number of fused-ring (bicyclic) bond motifs is 1. The number of carbonyl (C=O) groups excluding carboxylic acids is 1. The predicted octanol–water partition coefficient (Wildman–Crippen LogP) is 4.10. The highest BCUT2D eigenvalue weighted by Gasteiger charge is 2.48. The van der Waals surface area contributed by atoms with Crippen LogP contribution in [-0.4, -0.2) is 26.2 Å². The molecule has 2 heterocycles. The minimum absolute atomic E-state index is 0.103. The molecule has 1 aromatic carbocycles. The Morgan fingerprint density at radius 2 is 1.96 bits per heavy atom. The van der Waals surface area contributed by atoms with Crippen LogP contribution in [0, 0.1) is 12.8 Å². The summed E-state index contributed by atoms with van der Waals surface area (Å²) in [4.78, 5) is 20.8. The highest BCUT2D eigenvalue weighted by atomic mass is 19.3. The second-order valence-corrected chi connectivity index (χ2v) is 7.09. The van der Waals surface area contributed by atoms with Crippen molar-refractivity contribution in [1.29, 1.82) is 0 Å². The van der Waals surface area contributed by atoms with Gasteiger partial charge in [0.25, 0.3) is 0 Å². The van der Waals surface area contributed by atoms with E-state index in [2.05, 4.69) is 9.97 Å². The lowest BCUT2D eigenvalue weighted by Gasteiger charge is -2.33. The van der Waals surface area contributed by atoms with Gasteiger partial charge in [0.15, 0.2) is 0 Å². The number of carbonyl (C=O) groups is 1. The number of nitrogens with zero attached hydrogens (tertiary/aromatic N) is 3. The van der Waals surface area contributed by atoms with E-state index >= 15 is 0 Å². The van der Waals surface area contributed by atoms with E-state index in [1.54, 1.807) is 6.20 Å². The molecular formula is C20H19F2N3O. The first-order valence-electron chi connectivity index (χ1n) is 8.60. The van der Waals surface area contributed by atoms with Gasteiger partial charge in [0, 0.05) is 55.1 Å². The Hall–Kier alpha value is -2.63. The summed E-state index contributed by atoms with van der Waals surface area (Å²) in [6.45, 7) is 1.95. The minimum Gasteiger partial charge on any atom is -0.331 e. The summed E-state index contributed by atoms with van der Waals surface area (Å²) in [5.74, 6) is -2.43. The molecule has 1 saturated carbocycles. The quantitative estimate of drug-likeness (QED) is 0.708. The molecule has 1 aliphatic rings. The topological polar surface area (TPSA) is 47.8 Å². The Morgan fingerprint density at radius 3 is 2.62 bits per heavy atom. The molecule has 0 amide bonds. The van der Waals surface area contributed by atoms with Crippen LogP contribution in [0.1, 0.15) is 24.4 Å². The van der Waals surface area contributed by atoms with Gasteiger partial charge in [-0.1, -0.05) is 12.1 Å². The SMILES string of the molecule is Cc1ncc(-c2ccc3cnc(CC(=O)C4CC(F)(F)C4)cc3c2)n1C. The van der Waals surface area contributed by atoms with E-state index in [-0.39, 0.29) is 25.0 Å². The van der Waals surface area contributed by atoms with Crippen molar-refractivity contribution < 1.29 is 13.6 Å². The number of pyridine rings is 1. The summed E-state index contributed by atoms with van der Waals surface area (Å²) in [5.41, 5.74) is 2.66.